The maximum atomic E-state index is 12.6. The number of carbonyl (C=O) groups is 1. The summed E-state index contributed by atoms with van der Waals surface area (Å²) in [6.07, 6.45) is 0. The zero-order valence-electron chi connectivity index (χ0n) is 15.9. The van der Waals surface area contributed by atoms with Crippen molar-refractivity contribution in [2.24, 2.45) is 0 Å². The van der Waals surface area contributed by atoms with Crippen molar-refractivity contribution in [3.8, 4) is 17.0 Å². The number of benzene rings is 3. The average Bonchev–Trinajstić information content (AvgIpc) is 3.42. The minimum atomic E-state index is -0.357. The first-order valence-electron chi connectivity index (χ1n) is 9.35. The minimum absolute atomic E-state index is 0.204. The van der Waals surface area contributed by atoms with Gasteiger partial charge in [0.25, 0.3) is 5.91 Å². The fraction of sp³-hybridized carbons (Fsp3) is 0. The Kier molecular flexibility index (Phi) is 4.94. The summed E-state index contributed by atoms with van der Waals surface area (Å²) in [4.78, 5) is 14.2. The van der Waals surface area contributed by atoms with E-state index in [1.165, 1.54) is 4.80 Å². The molecule has 0 atom stereocenters. The van der Waals surface area contributed by atoms with E-state index in [1.54, 1.807) is 54.6 Å². The molecule has 0 saturated carbocycles. The number of fused-ring (bicyclic) bond motifs is 1. The fourth-order valence-corrected chi connectivity index (χ4v) is 3.36. The number of hydrogen-bond acceptors (Lipinski definition) is 4. The molecule has 5 rings (SSSR count). The van der Waals surface area contributed by atoms with Gasteiger partial charge in [-0.3, -0.25) is 4.79 Å². The summed E-state index contributed by atoms with van der Waals surface area (Å²) in [5, 5.41) is 13.0. The van der Waals surface area contributed by atoms with E-state index in [-0.39, 0.29) is 11.7 Å². The summed E-state index contributed by atoms with van der Waals surface area (Å²) in [6, 6.07) is 23.1. The summed E-state index contributed by atoms with van der Waals surface area (Å²) in [6.45, 7) is 0. The molecule has 2 aromatic heterocycles. The van der Waals surface area contributed by atoms with Crippen LogP contribution in [0.3, 0.4) is 0 Å². The van der Waals surface area contributed by atoms with Crippen molar-refractivity contribution in [3.05, 3.63) is 94.7 Å². The first kappa shape index (κ1) is 19.4. The van der Waals surface area contributed by atoms with Crippen LogP contribution in [0, 0.1) is 0 Å². The number of rotatable bonds is 4. The summed E-state index contributed by atoms with van der Waals surface area (Å²) < 4.78 is 5.70. The SMILES string of the molecule is O=C(Nc1ccc2nn(-c3ccc(Cl)cc3)nc2c1)c1ccc(-c2ccc(Cl)cc2)o1. The van der Waals surface area contributed by atoms with Gasteiger partial charge in [0.2, 0.25) is 0 Å². The molecule has 31 heavy (non-hydrogen) atoms. The molecule has 0 aliphatic rings. The molecule has 0 spiro atoms. The predicted molar refractivity (Wildman–Crippen MR) is 121 cm³/mol. The fourth-order valence-electron chi connectivity index (χ4n) is 3.10. The molecule has 152 valence electrons. The Labute approximate surface area is 187 Å². The van der Waals surface area contributed by atoms with Crippen molar-refractivity contribution >= 4 is 45.8 Å². The standard InChI is InChI=1S/C23H14Cl2N4O2/c24-15-3-1-14(2-4-15)21-11-12-22(31-21)23(30)26-17-7-10-19-20(13-17)28-29(27-19)18-8-5-16(25)6-9-18/h1-13H,(H,26,30). The molecule has 5 aromatic rings. The first-order valence-corrected chi connectivity index (χ1v) is 10.1. The molecule has 3 aromatic carbocycles. The molecule has 8 heteroatoms. The van der Waals surface area contributed by atoms with Gasteiger partial charge >= 0.3 is 0 Å². The Morgan fingerprint density at radius 2 is 1.48 bits per heavy atom. The van der Waals surface area contributed by atoms with Gasteiger partial charge in [0.1, 0.15) is 16.8 Å². The highest BCUT2D eigenvalue weighted by Gasteiger charge is 2.14. The van der Waals surface area contributed by atoms with Gasteiger partial charge in [0.05, 0.1) is 5.69 Å². The van der Waals surface area contributed by atoms with Gasteiger partial charge in [0.15, 0.2) is 5.76 Å². The first-order chi connectivity index (χ1) is 15.0. The molecule has 1 amide bonds. The number of aromatic nitrogens is 3. The van der Waals surface area contributed by atoms with E-state index in [2.05, 4.69) is 15.5 Å². The number of halogens is 2. The molecular formula is C23H14Cl2N4O2. The van der Waals surface area contributed by atoms with Gasteiger partial charge < -0.3 is 9.73 Å². The highest BCUT2D eigenvalue weighted by Crippen LogP contribution is 2.25. The number of carbonyl (C=O) groups excluding carboxylic acids is 1. The van der Waals surface area contributed by atoms with Crippen LogP contribution < -0.4 is 5.32 Å². The smallest absolute Gasteiger partial charge is 0.291 e. The molecule has 1 N–H and O–H groups in total. The van der Waals surface area contributed by atoms with E-state index in [1.807, 2.05) is 24.3 Å². The zero-order valence-corrected chi connectivity index (χ0v) is 17.4. The van der Waals surface area contributed by atoms with Crippen molar-refractivity contribution in [2.45, 2.75) is 0 Å². The molecule has 0 bridgehead atoms. The normalized spacial score (nSPS) is 11.0. The lowest BCUT2D eigenvalue weighted by Gasteiger charge is -2.02. The second-order valence-electron chi connectivity index (χ2n) is 6.79. The number of anilines is 1. The molecule has 0 saturated heterocycles. The Morgan fingerprint density at radius 1 is 0.806 bits per heavy atom. The van der Waals surface area contributed by atoms with Crippen molar-refractivity contribution in [3.63, 3.8) is 0 Å². The van der Waals surface area contributed by atoms with Crippen LogP contribution in [0.4, 0.5) is 5.69 Å². The van der Waals surface area contributed by atoms with Crippen LogP contribution in [0.25, 0.3) is 28.0 Å². The predicted octanol–water partition coefficient (Wildman–Crippen LogP) is 6.24. The maximum Gasteiger partial charge on any atom is 0.291 e. The molecule has 0 aliphatic carbocycles. The third kappa shape index (κ3) is 4.03. The zero-order chi connectivity index (χ0) is 21.4. The number of amides is 1. The summed E-state index contributed by atoms with van der Waals surface area (Å²) in [5.41, 5.74) is 3.57. The minimum Gasteiger partial charge on any atom is -0.451 e. The molecule has 2 heterocycles. The van der Waals surface area contributed by atoms with Crippen LogP contribution in [0.5, 0.6) is 0 Å². The Balaban J connectivity index is 1.36. The second kappa shape index (κ2) is 7.91. The van der Waals surface area contributed by atoms with Gasteiger partial charge in [-0.05, 0) is 78.9 Å². The summed E-state index contributed by atoms with van der Waals surface area (Å²) in [7, 11) is 0. The largest absolute Gasteiger partial charge is 0.451 e. The van der Waals surface area contributed by atoms with Crippen LogP contribution in [0.15, 0.2) is 83.3 Å². The van der Waals surface area contributed by atoms with Crippen molar-refractivity contribution in [1.29, 1.82) is 0 Å². The van der Waals surface area contributed by atoms with Crippen LogP contribution in [0.2, 0.25) is 10.0 Å². The van der Waals surface area contributed by atoms with Gasteiger partial charge in [-0.25, -0.2) is 0 Å². The Bertz CT molecular complexity index is 1390. The third-order valence-corrected chi connectivity index (χ3v) is 5.16. The lowest BCUT2D eigenvalue weighted by molar-refractivity contribution is 0.0997. The number of nitrogens with one attached hydrogen (secondary N) is 1. The molecule has 6 nitrogen and oxygen atoms in total. The number of furan rings is 1. The van der Waals surface area contributed by atoms with Crippen molar-refractivity contribution in [2.75, 3.05) is 5.32 Å². The number of hydrogen-bond donors (Lipinski definition) is 1. The van der Waals surface area contributed by atoms with Crippen LogP contribution in [0.1, 0.15) is 10.6 Å². The van der Waals surface area contributed by atoms with E-state index in [0.29, 0.717) is 32.5 Å². The summed E-state index contributed by atoms with van der Waals surface area (Å²) in [5.74, 6) is 0.433. The van der Waals surface area contributed by atoms with Gasteiger partial charge in [-0.1, -0.05) is 23.2 Å². The Morgan fingerprint density at radius 3 is 2.23 bits per heavy atom. The van der Waals surface area contributed by atoms with E-state index in [0.717, 1.165) is 11.3 Å². The van der Waals surface area contributed by atoms with Crippen molar-refractivity contribution in [1.82, 2.24) is 15.0 Å². The highest BCUT2D eigenvalue weighted by molar-refractivity contribution is 6.30. The van der Waals surface area contributed by atoms with Crippen molar-refractivity contribution < 1.29 is 9.21 Å². The quantitative estimate of drug-likeness (QED) is 0.353. The van der Waals surface area contributed by atoms with Crippen LogP contribution >= 0.6 is 23.2 Å². The topological polar surface area (TPSA) is 73.0 Å². The lowest BCUT2D eigenvalue weighted by atomic mass is 10.2. The van der Waals surface area contributed by atoms with E-state index in [4.69, 9.17) is 27.6 Å². The monoisotopic (exact) mass is 448 g/mol. The Hall–Kier alpha value is -3.61. The van der Waals surface area contributed by atoms with E-state index in [9.17, 15) is 4.79 Å². The number of nitrogens with zero attached hydrogens (tertiary/aromatic N) is 3. The van der Waals surface area contributed by atoms with E-state index >= 15 is 0 Å². The van der Waals surface area contributed by atoms with Gasteiger partial charge in [-0.2, -0.15) is 4.80 Å². The molecule has 0 fully saturated rings. The second-order valence-corrected chi connectivity index (χ2v) is 7.67. The average molecular weight is 449 g/mol. The molecular weight excluding hydrogens is 435 g/mol. The van der Waals surface area contributed by atoms with Gasteiger partial charge in [-0.15, -0.1) is 10.2 Å². The molecule has 0 unspecified atom stereocenters. The highest BCUT2D eigenvalue weighted by atomic mass is 35.5. The molecule has 0 radical (unpaired) electrons. The molecule has 0 aliphatic heterocycles. The van der Waals surface area contributed by atoms with Crippen LogP contribution in [-0.4, -0.2) is 20.9 Å². The maximum absolute atomic E-state index is 12.6. The lowest BCUT2D eigenvalue weighted by Crippen LogP contribution is -2.10. The van der Waals surface area contributed by atoms with Crippen LogP contribution in [-0.2, 0) is 0 Å². The van der Waals surface area contributed by atoms with E-state index < -0.39 is 0 Å². The van der Waals surface area contributed by atoms with Gasteiger partial charge in [0, 0.05) is 21.3 Å². The third-order valence-electron chi connectivity index (χ3n) is 4.65. The summed E-state index contributed by atoms with van der Waals surface area (Å²) >= 11 is 11.9.